The molecule has 8 nitrogen and oxygen atoms in total. The molecule has 1 heterocycles. The summed E-state index contributed by atoms with van der Waals surface area (Å²) in [5, 5.41) is 3.84. The second-order valence-electron chi connectivity index (χ2n) is 11.4. The van der Waals surface area contributed by atoms with E-state index in [0.717, 1.165) is 31.5 Å². The molecule has 13 N–H and O–H groups in total. The highest BCUT2D eigenvalue weighted by atomic mass is 31.0. The Labute approximate surface area is 195 Å². The van der Waals surface area contributed by atoms with Crippen LogP contribution in [0.5, 0.6) is 0 Å². The van der Waals surface area contributed by atoms with E-state index < -0.39 is 11.0 Å². The first-order valence-electron chi connectivity index (χ1n) is 12.0. The Morgan fingerprint density at radius 2 is 1.88 bits per heavy atom. The smallest absolute Gasteiger partial charge is 0.217 e. The van der Waals surface area contributed by atoms with Gasteiger partial charge in [0.15, 0.2) is 0 Å². The van der Waals surface area contributed by atoms with Crippen molar-refractivity contribution >= 4 is 15.1 Å². The molecule has 0 aromatic carbocycles. The summed E-state index contributed by atoms with van der Waals surface area (Å²) in [5.41, 5.74) is 39.2. The minimum absolute atomic E-state index is 0.0518. The molecule has 9 heteroatoms. The average molecular weight is 468 g/mol. The van der Waals surface area contributed by atoms with Crippen LogP contribution in [0.4, 0.5) is 0 Å². The molecule has 184 valence electrons. The van der Waals surface area contributed by atoms with Crippen LogP contribution in [-0.4, -0.2) is 42.3 Å². The minimum Gasteiger partial charge on any atom is -0.400 e. The summed E-state index contributed by atoms with van der Waals surface area (Å²) in [5.74, 6) is 0.671. The summed E-state index contributed by atoms with van der Waals surface area (Å²) in [7, 11) is 2.78. The van der Waals surface area contributed by atoms with Crippen molar-refractivity contribution in [3.05, 3.63) is 11.4 Å². The molecule has 32 heavy (non-hydrogen) atoms. The number of primary amides is 1. The van der Waals surface area contributed by atoms with Gasteiger partial charge in [-0.05, 0) is 56.4 Å². The third kappa shape index (κ3) is 3.58. The van der Waals surface area contributed by atoms with Gasteiger partial charge in [-0.25, -0.2) is 0 Å². The van der Waals surface area contributed by atoms with Crippen molar-refractivity contribution in [2.24, 2.45) is 68.9 Å². The van der Waals surface area contributed by atoms with E-state index in [1.54, 1.807) is 0 Å². The molecule has 0 spiro atoms. The molecule has 7 unspecified atom stereocenters. The number of nitrogens with two attached hydrogens (primary N) is 6. The number of rotatable bonds is 6. The molecule has 2 aliphatic carbocycles. The number of amides is 1. The fourth-order valence-electron chi connectivity index (χ4n) is 7.58. The summed E-state index contributed by atoms with van der Waals surface area (Å²) in [6.45, 7) is 9.98. The van der Waals surface area contributed by atoms with Gasteiger partial charge in [-0.2, -0.15) is 0 Å². The van der Waals surface area contributed by atoms with Gasteiger partial charge in [0.2, 0.25) is 5.91 Å². The third-order valence-electron chi connectivity index (χ3n) is 10.0. The first-order chi connectivity index (χ1) is 14.7. The molecule has 11 atom stereocenters. The molecule has 3 aliphatic rings. The van der Waals surface area contributed by atoms with Crippen LogP contribution in [0.3, 0.4) is 0 Å². The monoisotopic (exact) mass is 467 g/mol. The summed E-state index contributed by atoms with van der Waals surface area (Å²) in [6, 6.07) is -0.0391. The predicted molar refractivity (Wildman–Crippen MR) is 134 cm³/mol. The Balaban J connectivity index is 1.95. The van der Waals surface area contributed by atoms with Gasteiger partial charge < -0.3 is 39.7 Å². The number of fused-ring (bicyclic) bond motifs is 1. The number of carbonyl (C=O) groups excluding carboxylic acids is 1. The van der Waals surface area contributed by atoms with Crippen LogP contribution in [-0.2, 0) is 4.79 Å². The van der Waals surface area contributed by atoms with Gasteiger partial charge >= 0.3 is 0 Å². The molecule has 0 aromatic heterocycles. The maximum absolute atomic E-state index is 11.3. The van der Waals surface area contributed by atoms with Crippen LogP contribution < -0.4 is 39.7 Å². The minimum atomic E-state index is -0.431. The first-order valence-corrected chi connectivity index (χ1v) is 12.7. The number of piperidine rings is 1. The second-order valence-corrected chi connectivity index (χ2v) is 12.1. The molecular weight excluding hydrogens is 421 g/mol. The van der Waals surface area contributed by atoms with E-state index in [9.17, 15) is 4.79 Å². The molecule has 0 radical (unpaired) electrons. The zero-order chi connectivity index (χ0) is 24.2. The molecule has 1 saturated carbocycles. The lowest BCUT2D eigenvalue weighted by atomic mass is 9.47. The lowest BCUT2D eigenvalue weighted by Gasteiger charge is -2.64. The highest BCUT2D eigenvalue weighted by Crippen LogP contribution is 2.60. The Hall–Kier alpha value is -0.920. The fourth-order valence-corrected chi connectivity index (χ4v) is 8.18. The van der Waals surface area contributed by atoms with Crippen molar-refractivity contribution in [2.45, 2.75) is 76.7 Å². The van der Waals surface area contributed by atoms with Crippen molar-refractivity contribution in [3.8, 4) is 0 Å². The Morgan fingerprint density at radius 3 is 2.44 bits per heavy atom. The van der Waals surface area contributed by atoms with Crippen LogP contribution in [0.2, 0.25) is 0 Å². The van der Waals surface area contributed by atoms with Crippen LogP contribution in [0.25, 0.3) is 0 Å². The maximum atomic E-state index is 11.3. The van der Waals surface area contributed by atoms with Gasteiger partial charge in [0.25, 0.3) is 0 Å². The Morgan fingerprint density at radius 1 is 1.25 bits per heavy atom. The Kier molecular flexibility index (Phi) is 6.98. The van der Waals surface area contributed by atoms with Gasteiger partial charge in [0.1, 0.15) is 0 Å². The molecule has 0 aromatic rings. The summed E-state index contributed by atoms with van der Waals surface area (Å²) in [4.78, 5) is 11.3. The van der Waals surface area contributed by atoms with E-state index in [1.807, 2.05) is 0 Å². The number of nitrogens with one attached hydrogen (secondary N) is 1. The summed E-state index contributed by atoms with van der Waals surface area (Å²) < 4.78 is 0. The molecule has 3 rings (SSSR count). The van der Waals surface area contributed by atoms with Gasteiger partial charge in [-0.3, -0.25) is 4.79 Å². The molecule has 1 saturated heterocycles. The molecule has 0 bridgehead atoms. The normalized spacial score (nSPS) is 47.9. The highest BCUT2D eigenvalue weighted by Gasteiger charge is 2.64. The third-order valence-corrected chi connectivity index (χ3v) is 10.8. The lowest BCUT2D eigenvalue weighted by molar-refractivity contribution is -0.118. The average Bonchev–Trinajstić information content (AvgIpc) is 3.05. The number of carbonyl (C=O) groups is 1. The van der Waals surface area contributed by atoms with Crippen molar-refractivity contribution in [1.82, 2.24) is 5.32 Å². The summed E-state index contributed by atoms with van der Waals surface area (Å²) >= 11 is 0. The fraction of sp³-hybridized carbons (Fsp3) is 0.870. The lowest BCUT2D eigenvalue weighted by Crippen LogP contribution is -2.75. The van der Waals surface area contributed by atoms with Gasteiger partial charge in [0, 0.05) is 58.5 Å². The van der Waals surface area contributed by atoms with Crippen molar-refractivity contribution in [1.29, 1.82) is 0 Å². The number of allylic oxidation sites excluding steroid dienone is 1. The zero-order valence-electron chi connectivity index (χ0n) is 20.2. The van der Waals surface area contributed by atoms with E-state index >= 15 is 0 Å². The quantitative estimate of drug-likeness (QED) is 0.266. The highest BCUT2D eigenvalue weighted by molar-refractivity contribution is 7.18. The predicted octanol–water partition coefficient (Wildman–Crippen LogP) is -0.0955. The van der Waals surface area contributed by atoms with E-state index in [2.05, 4.69) is 42.3 Å². The number of hydrogen-bond acceptors (Lipinski definition) is 7. The topological polar surface area (TPSA) is 185 Å². The van der Waals surface area contributed by atoms with Crippen LogP contribution in [0, 0.1) is 34.5 Å². The van der Waals surface area contributed by atoms with Gasteiger partial charge in [-0.1, -0.05) is 20.8 Å². The molecule has 1 amide bonds. The van der Waals surface area contributed by atoms with Crippen molar-refractivity contribution in [2.75, 3.05) is 13.1 Å². The first kappa shape index (κ1) is 25.7. The van der Waals surface area contributed by atoms with Crippen molar-refractivity contribution < 1.29 is 4.79 Å². The maximum Gasteiger partial charge on any atom is 0.217 e. The SMILES string of the molecule is C[C@H](CCC(N)=O)C1CCC(C2NC[C@]3(C)C(N)C(P)C(N)=C(N)[C@]3(C)C2CN)[C@]1(C)N. The molecule has 2 fully saturated rings. The van der Waals surface area contributed by atoms with Crippen LogP contribution in [0.1, 0.15) is 53.4 Å². The number of hydrogen-bond donors (Lipinski definition) is 7. The van der Waals surface area contributed by atoms with Crippen LogP contribution in [0.15, 0.2) is 11.4 Å². The van der Waals surface area contributed by atoms with Crippen LogP contribution >= 0.6 is 9.24 Å². The zero-order valence-corrected chi connectivity index (χ0v) is 21.4. The molecule has 1 aliphatic heterocycles. The Bertz CT molecular complexity index is 773. The largest absolute Gasteiger partial charge is 0.400 e. The van der Waals surface area contributed by atoms with Crippen molar-refractivity contribution in [3.63, 3.8) is 0 Å². The van der Waals surface area contributed by atoms with E-state index in [1.165, 1.54) is 0 Å². The standard InChI is InChI=1S/C23H46N7OP/c1-11(5-8-15(25)31)12-6-7-13(23(12,4)29)17-14(9-24)22(3)19(27)16(26)18(32)20(28)21(22,2)10-30-17/h11-14,17-18,20,30H,5-10,24,26-29,32H2,1-4H3,(H2,25,31)/t11-,12?,13?,14?,17?,18?,20?,21-,22+,23-/m1/s1. The summed E-state index contributed by atoms with van der Waals surface area (Å²) in [6.07, 6.45) is 3.21. The molecular formula is C23H46N7OP. The second kappa shape index (κ2) is 8.70. The van der Waals surface area contributed by atoms with E-state index in [4.69, 9.17) is 34.4 Å². The van der Waals surface area contributed by atoms with E-state index in [0.29, 0.717) is 30.5 Å². The van der Waals surface area contributed by atoms with Gasteiger partial charge in [-0.15, -0.1) is 9.24 Å². The van der Waals surface area contributed by atoms with E-state index in [-0.39, 0.29) is 40.9 Å². The van der Waals surface area contributed by atoms with Gasteiger partial charge in [0.05, 0.1) is 0 Å².